The highest BCUT2D eigenvalue weighted by Gasteiger charge is 2.24. The Kier molecular flexibility index (Phi) is 4.91. The van der Waals surface area contributed by atoms with E-state index >= 15 is 0 Å². The number of benzene rings is 1. The lowest BCUT2D eigenvalue weighted by atomic mass is 10.1. The second-order valence-corrected chi connectivity index (χ2v) is 8.29. The summed E-state index contributed by atoms with van der Waals surface area (Å²) in [5.74, 6) is 0.974. The second-order valence-electron chi connectivity index (χ2n) is 6.54. The quantitative estimate of drug-likeness (QED) is 0.867. The van der Waals surface area contributed by atoms with E-state index in [-0.39, 0.29) is 11.8 Å². The zero-order valence-corrected chi connectivity index (χ0v) is 14.9. The zero-order valence-electron chi connectivity index (χ0n) is 14.1. The number of sulfonamides is 1. The second kappa shape index (κ2) is 6.94. The fourth-order valence-electron chi connectivity index (χ4n) is 3.11. The normalized spacial score (nSPS) is 16.5. The van der Waals surface area contributed by atoms with Crippen LogP contribution in [0.1, 0.15) is 29.7 Å². The van der Waals surface area contributed by atoms with Crippen LogP contribution >= 0.6 is 0 Å². The number of piperidine rings is 1. The van der Waals surface area contributed by atoms with Crippen molar-refractivity contribution in [2.45, 2.75) is 38.5 Å². The average Bonchev–Trinajstić information content (AvgIpc) is 2.93. The Labute approximate surface area is 143 Å². The molecule has 1 aromatic heterocycles. The van der Waals surface area contributed by atoms with Crippen molar-refractivity contribution in [2.75, 3.05) is 18.0 Å². The molecule has 2 heterocycles. The monoisotopic (exact) mass is 348 g/mol. The minimum Gasteiger partial charge on any atom is -0.355 e. The molecule has 0 aliphatic carbocycles. The van der Waals surface area contributed by atoms with E-state index in [1.807, 2.05) is 44.2 Å². The largest absolute Gasteiger partial charge is 0.355 e. The van der Waals surface area contributed by atoms with Gasteiger partial charge in [0.25, 0.3) is 0 Å². The van der Waals surface area contributed by atoms with E-state index in [1.54, 1.807) is 0 Å². The van der Waals surface area contributed by atoms with Gasteiger partial charge in [-0.3, -0.25) is 5.10 Å². The van der Waals surface area contributed by atoms with Gasteiger partial charge in [-0.2, -0.15) is 5.10 Å². The van der Waals surface area contributed by atoms with Gasteiger partial charge in [0, 0.05) is 30.9 Å². The maximum atomic E-state index is 12.4. The maximum absolute atomic E-state index is 12.4. The molecule has 0 amide bonds. The molecular formula is C17H24N4O2S. The lowest BCUT2D eigenvalue weighted by Gasteiger charge is -2.32. The Hall–Kier alpha value is -1.86. The first kappa shape index (κ1) is 17.0. The third kappa shape index (κ3) is 4.36. The molecule has 0 spiro atoms. The number of rotatable bonds is 5. The number of aryl methyl sites for hydroxylation is 2. The van der Waals surface area contributed by atoms with Gasteiger partial charge in [0.15, 0.2) is 5.82 Å². The standard InChI is InChI=1S/C17H24N4O2S/c1-13-4-3-5-15(10-13)12-24(22,23)20-16-6-8-21(9-7-16)17-11-14(2)18-19-17/h3-5,10-11,16,20H,6-9,12H2,1-2H3,(H,18,19). The molecule has 0 bridgehead atoms. The van der Waals surface area contributed by atoms with E-state index in [0.717, 1.165) is 48.6 Å². The van der Waals surface area contributed by atoms with Crippen LogP contribution in [0.15, 0.2) is 30.3 Å². The summed E-state index contributed by atoms with van der Waals surface area (Å²) in [6, 6.07) is 9.65. The molecule has 1 saturated heterocycles. The summed E-state index contributed by atoms with van der Waals surface area (Å²) in [4.78, 5) is 2.19. The van der Waals surface area contributed by atoms with Gasteiger partial charge < -0.3 is 4.90 Å². The SMILES string of the molecule is Cc1cccc(CS(=O)(=O)NC2CCN(c3cc(C)[nH]n3)CC2)c1. The van der Waals surface area contributed by atoms with Crippen LogP contribution in [0.2, 0.25) is 0 Å². The van der Waals surface area contributed by atoms with Gasteiger partial charge in [0.1, 0.15) is 0 Å². The Morgan fingerprint density at radius 1 is 1.25 bits per heavy atom. The van der Waals surface area contributed by atoms with Gasteiger partial charge in [-0.25, -0.2) is 13.1 Å². The van der Waals surface area contributed by atoms with Crippen LogP contribution < -0.4 is 9.62 Å². The number of aromatic amines is 1. The molecule has 0 atom stereocenters. The van der Waals surface area contributed by atoms with Crippen molar-refractivity contribution in [1.82, 2.24) is 14.9 Å². The molecular weight excluding hydrogens is 324 g/mol. The molecule has 0 unspecified atom stereocenters. The summed E-state index contributed by atoms with van der Waals surface area (Å²) in [5, 5.41) is 7.21. The van der Waals surface area contributed by atoms with Gasteiger partial charge in [0.05, 0.1) is 5.75 Å². The maximum Gasteiger partial charge on any atom is 0.216 e. The summed E-state index contributed by atoms with van der Waals surface area (Å²) in [6.45, 7) is 5.56. The van der Waals surface area contributed by atoms with Gasteiger partial charge >= 0.3 is 0 Å². The first-order valence-corrected chi connectivity index (χ1v) is 9.89. The molecule has 24 heavy (non-hydrogen) atoms. The molecule has 2 aromatic rings. The smallest absolute Gasteiger partial charge is 0.216 e. The molecule has 1 aliphatic rings. The molecule has 3 rings (SSSR count). The van der Waals surface area contributed by atoms with Gasteiger partial charge in [-0.15, -0.1) is 0 Å². The predicted octanol–water partition coefficient (Wildman–Crippen LogP) is 2.11. The fraction of sp³-hybridized carbons (Fsp3) is 0.471. The van der Waals surface area contributed by atoms with Crippen LogP contribution in [0.25, 0.3) is 0 Å². The lowest BCUT2D eigenvalue weighted by molar-refractivity contribution is 0.458. The van der Waals surface area contributed by atoms with E-state index in [4.69, 9.17) is 0 Å². The molecule has 0 radical (unpaired) electrons. The number of hydrogen-bond acceptors (Lipinski definition) is 4. The first-order valence-electron chi connectivity index (χ1n) is 8.24. The summed E-state index contributed by atoms with van der Waals surface area (Å²) < 4.78 is 27.6. The Balaban J connectivity index is 1.55. The lowest BCUT2D eigenvalue weighted by Crippen LogP contribution is -2.45. The van der Waals surface area contributed by atoms with E-state index in [2.05, 4.69) is 19.8 Å². The van der Waals surface area contributed by atoms with E-state index in [9.17, 15) is 8.42 Å². The molecule has 1 fully saturated rings. The highest BCUT2D eigenvalue weighted by atomic mass is 32.2. The van der Waals surface area contributed by atoms with Crippen LogP contribution in [0, 0.1) is 13.8 Å². The van der Waals surface area contributed by atoms with Crippen molar-refractivity contribution in [3.8, 4) is 0 Å². The van der Waals surface area contributed by atoms with Crippen molar-refractivity contribution >= 4 is 15.8 Å². The topological polar surface area (TPSA) is 78.1 Å². The van der Waals surface area contributed by atoms with Gasteiger partial charge in [0.2, 0.25) is 10.0 Å². The number of nitrogens with one attached hydrogen (secondary N) is 2. The van der Waals surface area contributed by atoms with Crippen molar-refractivity contribution < 1.29 is 8.42 Å². The summed E-state index contributed by atoms with van der Waals surface area (Å²) in [5.41, 5.74) is 2.93. The number of hydrogen-bond donors (Lipinski definition) is 2. The van der Waals surface area contributed by atoms with Crippen LogP contribution in [-0.2, 0) is 15.8 Å². The van der Waals surface area contributed by atoms with Crippen LogP contribution in [0.4, 0.5) is 5.82 Å². The van der Waals surface area contributed by atoms with E-state index in [0.29, 0.717) is 0 Å². The highest BCUT2D eigenvalue weighted by Crippen LogP contribution is 2.19. The van der Waals surface area contributed by atoms with Crippen molar-refractivity contribution in [3.05, 3.63) is 47.2 Å². The van der Waals surface area contributed by atoms with Crippen molar-refractivity contribution in [3.63, 3.8) is 0 Å². The number of H-pyrrole nitrogens is 1. The Bertz CT molecular complexity index is 792. The molecule has 7 heteroatoms. The zero-order chi connectivity index (χ0) is 17.2. The van der Waals surface area contributed by atoms with E-state index in [1.165, 1.54) is 0 Å². The molecule has 1 aromatic carbocycles. The highest BCUT2D eigenvalue weighted by molar-refractivity contribution is 7.88. The van der Waals surface area contributed by atoms with Crippen molar-refractivity contribution in [2.24, 2.45) is 0 Å². The summed E-state index contributed by atoms with van der Waals surface area (Å²) in [7, 11) is -3.32. The van der Waals surface area contributed by atoms with Crippen LogP contribution in [0.3, 0.4) is 0 Å². The summed E-state index contributed by atoms with van der Waals surface area (Å²) in [6.07, 6.45) is 1.58. The fourth-order valence-corrected chi connectivity index (χ4v) is 4.55. The number of anilines is 1. The van der Waals surface area contributed by atoms with Crippen LogP contribution in [-0.4, -0.2) is 37.7 Å². The Morgan fingerprint density at radius 3 is 2.62 bits per heavy atom. The molecule has 2 N–H and O–H groups in total. The minimum atomic E-state index is -3.32. The average molecular weight is 348 g/mol. The molecule has 1 aliphatic heterocycles. The van der Waals surface area contributed by atoms with E-state index < -0.39 is 10.0 Å². The first-order chi connectivity index (χ1) is 11.4. The molecule has 130 valence electrons. The number of aromatic nitrogens is 2. The third-order valence-corrected chi connectivity index (χ3v) is 5.70. The number of nitrogens with zero attached hydrogens (tertiary/aromatic N) is 2. The summed E-state index contributed by atoms with van der Waals surface area (Å²) >= 11 is 0. The van der Waals surface area contributed by atoms with Gasteiger partial charge in [-0.1, -0.05) is 29.8 Å². The molecule has 0 saturated carbocycles. The van der Waals surface area contributed by atoms with Crippen molar-refractivity contribution in [1.29, 1.82) is 0 Å². The molecule has 6 nitrogen and oxygen atoms in total. The van der Waals surface area contributed by atoms with Gasteiger partial charge in [-0.05, 0) is 32.3 Å². The Morgan fingerprint density at radius 2 is 2.00 bits per heavy atom. The predicted molar refractivity (Wildman–Crippen MR) is 95.5 cm³/mol. The van der Waals surface area contributed by atoms with Crippen LogP contribution in [0.5, 0.6) is 0 Å². The minimum absolute atomic E-state index is 0.00361. The third-order valence-electron chi connectivity index (χ3n) is 4.30.